The molecule has 1 aromatic rings. The summed E-state index contributed by atoms with van der Waals surface area (Å²) >= 11 is 0. The van der Waals surface area contributed by atoms with Crippen molar-refractivity contribution < 1.29 is 4.74 Å². The molecule has 0 bridgehead atoms. The van der Waals surface area contributed by atoms with Crippen molar-refractivity contribution in [3.8, 4) is 0 Å². The number of nitrogens with zero attached hydrogens (tertiary/aromatic N) is 2. The third-order valence-corrected chi connectivity index (χ3v) is 3.41. The Bertz CT molecular complexity index is 323. The maximum atomic E-state index is 5.35. The average molecular weight is 248 g/mol. The van der Waals surface area contributed by atoms with Crippen LogP contribution in [-0.2, 0) is 11.3 Å². The fourth-order valence-electron chi connectivity index (χ4n) is 2.36. The zero-order valence-electron chi connectivity index (χ0n) is 11.3. The molecule has 1 fully saturated rings. The molecule has 1 aliphatic heterocycles. The van der Waals surface area contributed by atoms with Gasteiger partial charge in [-0.25, -0.2) is 0 Å². The second-order valence-electron chi connectivity index (χ2n) is 5.03. The van der Waals surface area contributed by atoms with Crippen LogP contribution in [0, 0.1) is 0 Å². The summed E-state index contributed by atoms with van der Waals surface area (Å²) in [5.74, 6) is 0. The lowest BCUT2D eigenvalue weighted by Crippen LogP contribution is -2.37. The second kappa shape index (κ2) is 7.52. The van der Waals surface area contributed by atoms with Gasteiger partial charge in [0.1, 0.15) is 0 Å². The Kier molecular flexibility index (Phi) is 5.65. The molecule has 3 heteroatoms. The van der Waals surface area contributed by atoms with Crippen LogP contribution in [0.2, 0.25) is 0 Å². The summed E-state index contributed by atoms with van der Waals surface area (Å²) in [4.78, 5) is 4.90. The molecule has 0 aliphatic carbocycles. The molecule has 1 aliphatic rings. The lowest BCUT2D eigenvalue weighted by atomic mass is 10.2. The average Bonchev–Trinajstić information content (AvgIpc) is 2.41. The van der Waals surface area contributed by atoms with Gasteiger partial charge in [0.2, 0.25) is 0 Å². The van der Waals surface area contributed by atoms with Crippen LogP contribution in [0.3, 0.4) is 0 Å². The van der Waals surface area contributed by atoms with Gasteiger partial charge in [-0.3, -0.25) is 4.90 Å². The molecule has 0 aromatic heterocycles. The van der Waals surface area contributed by atoms with Crippen molar-refractivity contribution in [2.75, 3.05) is 46.4 Å². The molecule has 1 heterocycles. The van der Waals surface area contributed by atoms with E-state index in [2.05, 4.69) is 47.2 Å². The Labute approximate surface area is 110 Å². The van der Waals surface area contributed by atoms with Gasteiger partial charge in [-0.1, -0.05) is 30.3 Å². The van der Waals surface area contributed by atoms with E-state index in [-0.39, 0.29) is 0 Å². The van der Waals surface area contributed by atoms with Crippen molar-refractivity contribution in [2.24, 2.45) is 0 Å². The monoisotopic (exact) mass is 248 g/mol. The summed E-state index contributed by atoms with van der Waals surface area (Å²) in [7, 11) is 2.20. The van der Waals surface area contributed by atoms with Gasteiger partial charge in [0.15, 0.2) is 0 Å². The molecule has 3 nitrogen and oxygen atoms in total. The van der Waals surface area contributed by atoms with Crippen molar-refractivity contribution in [3.63, 3.8) is 0 Å². The topological polar surface area (TPSA) is 15.7 Å². The van der Waals surface area contributed by atoms with E-state index >= 15 is 0 Å². The van der Waals surface area contributed by atoms with E-state index in [4.69, 9.17) is 4.74 Å². The molecule has 0 unspecified atom stereocenters. The first-order valence-electron chi connectivity index (χ1n) is 6.87. The number of morpholine rings is 1. The molecule has 0 N–H and O–H groups in total. The van der Waals surface area contributed by atoms with E-state index in [9.17, 15) is 0 Å². The smallest absolute Gasteiger partial charge is 0.0594 e. The van der Waals surface area contributed by atoms with Crippen LogP contribution in [0.5, 0.6) is 0 Å². The Hall–Kier alpha value is -0.900. The maximum Gasteiger partial charge on any atom is 0.0594 e. The first kappa shape index (κ1) is 13.5. The summed E-state index contributed by atoms with van der Waals surface area (Å²) in [6.07, 6.45) is 1.24. The fraction of sp³-hybridized carbons (Fsp3) is 0.600. The predicted molar refractivity (Wildman–Crippen MR) is 74.7 cm³/mol. The first-order chi connectivity index (χ1) is 8.84. The van der Waals surface area contributed by atoms with Crippen LogP contribution in [-0.4, -0.2) is 56.2 Å². The molecule has 0 atom stereocenters. The second-order valence-corrected chi connectivity index (χ2v) is 5.03. The lowest BCUT2D eigenvalue weighted by molar-refractivity contribution is 0.0363. The van der Waals surface area contributed by atoms with Crippen molar-refractivity contribution in [3.05, 3.63) is 35.9 Å². The standard InChI is InChI=1S/C15H24N2O/c1-16(14-15-6-3-2-4-7-15)8-5-9-17-10-12-18-13-11-17/h2-4,6-7H,5,8-14H2,1H3. The van der Waals surface area contributed by atoms with Gasteiger partial charge in [0.25, 0.3) is 0 Å². The molecular formula is C15H24N2O. The number of ether oxygens (including phenoxy) is 1. The highest BCUT2D eigenvalue weighted by Crippen LogP contribution is 2.04. The van der Waals surface area contributed by atoms with E-state index < -0.39 is 0 Å². The minimum absolute atomic E-state index is 0.903. The Morgan fingerprint density at radius 2 is 1.89 bits per heavy atom. The molecule has 0 spiro atoms. The van der Waals surface area contributed by atoms with E-state index in [1.807, 2.05) is 0 Å². The molecule has 100 valence electrons. The van der Waals surface area contributed by atoms with Crippen molar-refractivity contribution in [1.82, 2.24) is 9.80 Å². The Morgan fingerprint density at radius 1 is 1.17 bits per heavy atom. The van der Waals surface area contributed by atoms with Crippen molar-refractivity contribution >= 4 is 0 Å². The van der Waals surface area contributed by atoms with Gasteiger partial charge in [0, 0.05) is 19.6 Å². The highest BCUT2D eigenvalue weighted by atomic mass is 16.5. The molecule has 0 radical (unpaired) electrons. The van der Waals surface area contributed by atoms with E-state index in [1.165, 1.54) is 18.5 Å². The van der Waals surface area contributed by atoms with Crippen LogP contribution in [0.25, 0.3) is 0 Å². The third-order valence-electron chi connectivity index (χ3n) is 3.41. The quantitative estimate of drug-likeness (QED) is 0.764. The molecule has 0 amide bonds. The fourth-order valence-corrected chi connectivity index (χ4v) is 2.36. The van der Waals surface area contributed by atoms with E-state index in [1.54, 1.807) is 0 Å². The SMILES string of the molecule is CN(CCCN1CCOCC1)Cc1ccccc1. The van der Waals surface area contributed by atoms with Crippen molar-refractivity contribution in [2.45, 2.75) is 13.0 Å². The minimum Gasteiger partial charge on any atom is -0.379 e. The molecule has 18 heavy (non-hydrogen) atoms. The normalized spacial score (nSPS) is 17.2. The highest BCUT2D eigenvalue weighted by Gasteiger charge is 2.09. The number of benzene rings is 1. The lowest BCUT2D eigenvalue weighted by Gasteiger charge is -2.27. The maximum absolute atomic E-state index is 5.35. The van der Waals surface area contributed by atoms with Crippen molar-refractivity contribution in [1.29, 1.82) is 0 Å². The number of hydrogen-bond acceptors (Lipinski definition) is 3. The molecule has 1 aromatic carbocycles. The van der Waals surface area contributed by atoms with Gasteiger partial charge in [-0.15, -0.1) is 0 Å². The largest absolute Gasteiger partial charge is 0.379 e. The summed E-state index contributed by atoms with van der Waals surface area (Å²) < 4.78 is 5.35. The van der Waals surface area contributed by atoms with Crippen LogP contribution < -0.4 is 0 Å². The minimum atomic E-state index is 0.903. The van der Waals surface area contributed by atoms with Gasteiger partial charge >= 0.3 is 0 Å². The van der Waals surface area contributed by atoms with Gasteiger partial charge in [-0.2, -0.15) is 0 Å². The Balaban J connectivity index is 1.61. The van der Waals surface area contributed by atoms with Crippen LogP contribution in [0.15, 0.2) is 30.3 Å². The predicted octanol–water partition coefficient (Wildman–Crippen LogP) is 1.84. The molecular weight excluding hydrogens is 224 g/mol. The van der Waals surface area contributed by atoms with Gasteiger partial charge < -0.3 is 9.64 Å². The van der Waals surface area contributed by atoms with Crippen LogP contribution in [0.4, 0.5) is 0 Å². The third kappa shape index (κ3) is 4.77. The molecule has 2 rings (SSSR count). The molecule has 0 saturated carbocycles. The van der Waals surface area contributed by atoms with Gasteiger partial charge in [-0.05, 0) is 32.1 Å². The zero-order chi connectivity index (χ0) is 12.6. The van der Waals surface area contributed by atoms with Crippen LogP contribution >= 0.6 is 0 Å². The van der Waals surface area contributed by atoms with E-state index in [0.29, 0.717) is 0 Å². The zero-order valence-corrected chi connectivity index (χ0v) is 11.3. The van der Waals surface area contributed by atoms with Crippen LogP contribution in [0.1, 0.15) is 12.0 Å². The Morgan fingerprint density at radius 3 is 2.61 bits per heavy atom. The summed E-state index contributed by atoms with van der Waals surface area (Å²) in [6, 6.07) is 10.7. The summed E-state index contributed by atoms with van der Waals surface area (Å²) in [5.41, 5.74) is 1.39. The summed E-state index contributed by atoms with van der Waals surface area (Å²) in [6.45, 7) is 7.41. The highest BCUT2D eigenvalue weighted by molar-refractivity contribution is 5.14. The van der Waals surface area contributed by atoms with E-state index in [0.717, 1.165) is 39.4 Å². The number of rotatable bonds is 6. The first-order valence-corrected chi connectivity index (χ1v) is 6.87. The molecule has 1 saturated heterocycles. The van der Waals surface area contributed by atoms with Gasteiger partial charge in [0.05, 0.1) is 13.2 Å². The summed E-state index contributed by atoms with van der Waals surface area (Å²) in [5, 5.41) is 0. The number of hydrogen-bond donors (Lipinski definition) is 0.